The van der Waals surface area contributed by atoms with Crippen molar-refractivity contribution in [1.82, 2.24) is 4.98 Å². The second-order valence-electron chi connectivity index (χ2n) is 4.70. The van der Waals surface area contributed by atoms with Crippen molar-refractivity contribution in [3.63, 3.8) is 0 Å². The summed E-state index contributed by atoms with van der Waals surface area (Å²) in [6, 6.07) is 10.6. The van der Waals surface area contributed by atoms with E-state index in [1.165, 1.54) is 18.4 Å². The number of nitrogens with two attached hydrogens (primary N) is 1. The molecule has 2 N–H and O–H groups in total. The molecule has 0 aliphatic heterocycles. The maximum atomic E-state index is 6.15. The molecule has 0 spiro atoms. The maximum Gasteiger partial charge on any atom is 0.110 e. The highest BCUT2D eigenvalue weighted by atomic mass is 32.1. The van der Waals surface area contributed by atoms with E-state index in [0.29, 0.717) is 5.92 Å². The summed E-state index contributed by atoms with van der Waals surface area (Å²) in [7, 11) is 0. The minimum absolute atomic E-state index is 0.171. The molecule has 0 amide bonds. The van der Waals surface area contributed by atoms with E-state index in [9.17, 15) is 0 Å². The Hall–Kier alpha value is -1.19. The average molecular weight is 244 g/mol. The van der Waals surface area contributed by atoms with Crippen molar-refractivity contribution in [1.29, 1.82) is 0 Å². The molecular weight excluding hydrogens is 228 g/mol. The van der Waals surface area contributed by atoms with E-state index in [1.807, 2.05) is 6.07 Å². The van der Waals surface area contributed by atoms with Crippen LogP contribution in [-0.2, 0) is 6.42 Å². The molecule has 17 heavy (non-hydrogen) atoms. The number of benzene rings is 1. The number of rotatable bonds is 4. The topological polar surface area (TPSA) is 38.9 Å². The van der Waals surface area contributed by atoms with Crippen LogP contribution >= 0.6 is 11.3 Å². The quantitative estimate of drug-likeness (QED) is 0.897. The van der Waals surface area contributed by atoms with Crippen molar-refractivity contribution in [2.75, 3.05) is 0 Å². The summed E-state index contributed by atoms with van der Waals surface area (Å²) in [5, 5.41) is 3.25. The molecule has 1 aliphatic rings. The average Bonchev–Trinajstić information content (AvgIpc) is 3.11. The highest BCUT2D eigenvalue weighted by Gasteiger charge is 2.31. The molecule has 1 heterocycles. The standard InChI is InChI=1S/C14H16N2S/c15-13(11-6-7-11)14-16-12(9-17-14)8-10-4-2-1-3-5-10/h1-5,9,11,13H,6-8,15H2. The van der Waals surface area contributed by atoms with Gasteiger partial charge in [0.15, 0.2) is 0 Å². The van der Waals surface area contributed by atoms with Crippen LogP contribution in [-0.4, -0.2) is 4.98 Å². The van der Waals surface area contributed by atoms with Gasteiger partial charge in [-0.15, -0.1) is 11.3 Å². The molecular formula is C14H16N2S. The summed E-state index contributed by atoms with van der Waals surface area (Å²) in [5.74, 6) is 0.686. The Morgan fingerprint density at radius 2 is 2.06 bits per heavy atom. The summed E-state index contributed by atoms with van der Waals surface area (Å²) in [6.07, 6.45) is 3.46. The zero-order valence-corrected chi connectivity index (χ0v) is 10.5. The minimum Gasteiger partial charge on any atom is -0.322 e. The van der Waals surface area contributed by atoms with E-state index in [4.69, 9.17) is 5.73 Å². The summed E-state index contributed by atoms with van der Waals surface area (Å²) in [6.45, 7) is 0. The molecule has 1 atom stereocenters. The van der Waals surface area contributed by atoms with Gasteiger partial charge in [-0.1, -0.05) is 30.3 Å². The molecule has 1 aromatic heterocycles. The molecule has 1 fully saturated rings. The molecule has 0 bridgehead atoms. The van der Waals surface area contributed by atoms with E-state index in [2.05, 4.69) is 34.6 Å². The number of nitrogens with zero attached hydrogens (tertiary/aromatic N) is 1. The van der Waals surface area contributed by atoms with Crippen molar-refractivity contribution in [3.05, 3.63) is 52.0 Å². The van der Waals surface area contributed by atoms with Crippen molar-refractivity contribution < 1.29 is 0 Å². The Bertz CT molecular complexity index is 488. The minimum atomic E-state index is 0.171. The molecule has 1 aromatic carbocycles. The van der Waals surface area contributed by atoms with Crippen LogP contribution in [0.1, 0.15) is 35.1 Å². The van der Waals surface area contributed by atoms with Crippen molar-refractivity contribution in [2.24, 2.45) is 11.7 Å². The molecule has 0 radical (unpaired) electrons. The van der Waals surface area contributed by atoms with E-state index in [0.717, 1.165) is 17.1 Å². The number of aromatic nitrogens is 1. The van der Waals surface area contributed by atoms with Crippen LogP contribution in [0.4, 0.5) is 0 Å². The smallest absolute Gasteiger partial charge is 0.110 e. The van der Waals surface area contributed by atoms with Gasteiger partial charge in [0, 0.05) is 11.8 Å². The van der Waals surface area contributed by atoms with Gasteiger partial charge in [-0.3, -0.25) is 0 Å². The lowest BCUT2D eigenvalue weighted by Gasteiger charge is -2.04. The lowest BCUT2D eigenvalue weighted by atomic mass is 10.1. The Kier molecular flexibility index (Phi) is 2.95. The monoisotopic (exact) mass is 244 g/mol. The molecule has 3 rings (SSSR count). The van der Waals surface area contributed by atoms with Gasteiger partial charge in [-0.05, 0) is 24.3 Å². The van der Waals surface area contributed by atoms with Crippen molar-refractivity contribution in [2.45, 2.75) is 25.3 Å². The van der Waals surface area contributed by atoms with Crippen LogP contribution in [0.25, 0.3) is 0 Å². The zero-order valence-electron chi connectivity index (χ0n) is 9.67. The SMILES string of the molecule is NC(c1nc(Cc2ccccc2)cs1)C1CC1. The van der Waals surface area contributed by atoms with Gasteiger partial charge >= 0.3 is 0 Å². The predicted molar refractivity (Wildman–Crippen MR) is 71.0 cm³/mol. The fourth-order valence-electron chi connectivity index (χ4n) is 2.02. The van der Waals surface area contributed by atoms with Crippen molar-refractivity contribution in [3.8, 4) is 0 Å². The van der Waals surface area contributed by atoms with Gasteiger partial charge < -0.3 is 5.73 Å². The first-order chi connectivity index (χ1) is 8.33. The Balaban J connectivity index is 1.72. The molecule has 1 saturated carbocycles. The first-order valence-electron chi connectivity index (χ1n) is 6.07. The molecule has 2 aromatic rings. The summed E-state index contributed by atoms with van der Waals surface area (Å²) in [4.78, 5) is 4.66. The predicted octanol–water partition coefficient (Wildman–Crippen LogP) is 3.14. The van der Waals surface area contributed by atoms with Crippen LogP contribution in [0.3, 0.4) is 0 Å². The molecule has 3 heteroatoms. The van der Waals surface area contributed by atoms with Crippen LogP contribution in [0.15, 0.2) is 35.7 Å². The van der Waals surface area contributed by atoms with E-state index in [1.54, 1.807) is 11.3 Å². The van der Waals surface area contributed by atoms with Gasteiger partial charge in [-0.25, -0.2) is 4.98 Å². The fraction of sp³-hybridized carbons (Fsp3) is 0.357. The Morgan fingerprint density at radius 1 is 1.29 bits per heavy atom. The summed E-state index contributed by atoms with van der Waals surface area (Å²) in [5.41, 5.74) is 8.61. The maximum absolute atomic E-state index is 6.15. The highest BCUT2D eigenvalue weighted by molar-refractivity contribution is 7.09. The summed E-state index contributed by atoms with van der Waals surface area (Å²) < 4.78 is 0. The third-order valence-electron chi connectivity index (χ3n) is 3.21. The van der Waals surface area contributed by atoms with Gasteiger partial charge in [0.05, 0.1) is 11.7 Å². The lowest BCUT2D eigenvalue weighted by molar-refractivity contribution is 0.627. The van der Waals surface area contributed by atoms with Gasteiger partial charge in [0.2, 0.25) is 0 Å². The molecule has 0 saturated heterocycles. The summed E-state index contributed by atoms with van der Waals surface area (Å²) >= 11 is 1.71. The van der Waals surface area contributed by atoms with Crippen LogP contribution in [0.2, 0.25) is 0 Å². The van der Waals surface area contributed by atoms with Crippen LogP contribution in [0.5, 0.6) is 0 Å². The van der Waals surface area contributed by atoms with Gasteiger partial charge in [0.25, 0.3) is 0 Å². The van der Waals surface area contributed by atoms with Crippen LogP contribution < -0.4 is 5.73 Å². The third kappa shape index (κ3) is 2.56. The van der Waals surface area contributed by atoms with Gasteiger partial charge in [-0.2, -0.15) is 0 Å². The first-order valence-corrected chi connectivity index (χ1v) is 6.94. The van der Waals surface area contributed by atoms with E-state index >= 15 is 0 Å². The molecule has 1 unspecified atom stereocenters. The largest absolute Gasteiger partial charge is 0.322 e. The Morgan fingerprint density at radius 3 is 2.76 bits per heavy atom. The number of hydrogen-bond acceptors (Lipinski definition) is 3. The molecule has 88 valence electrons. The van der Waals surface area contributed by atoms with E-state index in [-0.39, 0.29) is 6.04 Å². The van der Waals surface area contributed by atoms with Crippen LogP contribution in [0, 0.1) is 5.92 Å². The third-order valence-corrected chi connectivity index (χ3v) is 4.21. The number of hydrogen-bond donors (Lipinski definition) is 1. The van der Waals surface area contributed by atoms with E-state index < -0.39 is 0 Å². The zero-order chi connectivity index (χ0) is 11.7. The van der Waals surface area contributed by atoms with Crippen molar-refractivity contribution >= 4 is 11.3 Å². The lowest BCUT2D eigenvalue weighted by Crippen LogP contribution is -2.12. The number of thiazole rings is 1. The highest BCUT2D eigenvalue weighted by Crippen LogP contribution is 2.40. The fourth-order valence-corrected chi connectivity index (χ4v) is 2.93. The molecule has 1 aliphatic carbocycles. The first kappa shape index (κ1) is 10.9. The second-order valence-corrected chi connectivity index (χ2v) is 5.59. The second kappa shape index (κ2) is 4.59. The normalized spacial score (nSPS) is 17.0. The molecule has 2 nitrogen and oxygen atoms in total. The van der Waals surface area contributed by atoms with Gasteiger partial charge in [0.1, 0.15) is 5.01 Å². The Labute approximate surface area is 106 Å².